The number of aromatic hydroxyl groups is 1. The first-order chi connectivity index (χ1) is 12.7. The van der Waals surface area contributed by atoms with Gasteiger partial charge in [0.1, 0.15) is 22.8 Å². The van der Waals surface area contributed by atoms with Crippen LogP contribution in [0.5, 0.6) is 17.2 Å². The van der Waals surface area contributed by atoms with E-state index < -0.39 is 5.97 Å². The second-order valence-corrected chi connectivity index (χ2v) is 6.02. The number of fused-ring (bicyclic) bond motifs is 1. The quantitative estimate of drug-likeness (QED) is 0.495. The Morgan fingerprint density at radius 1 is 1.04 bits per heavy atom. The van der Waals surface area contributed by atoms with E-state index >= 15 is 0 Å². The number of phenolic OH excluding ortho intramolecular Hbond substituents is 1. The molecule has 3 aromatic rings. The molecule has 3 aromatic carbocycles. The molecule has 0 fully saturated rings. The third kappa shape index (κ3) is 3.49. The Morgan fingerprint density at radius 3 is 2.50 bits per heavy atom. The van der Waals surface area contributed by atoms with E-state index in [0.717, 1.165) is 23.8 Å². The molecular formula is C22H22O4. The van der Waals surface area contributed by atoms with Crippen LogP contribution in [0.1, 0.15) is 36.2 Å². The Kier molecular flexibility index (Phi) is 5.42. The molecule has 0 heterocycles. The van der Waals surface area contributed by atoms with E-state index in [1.54, 1.807) is 36.4 Å². The van der Waals surface area contributed by atoms with Gasteiger partial charge in [-0.1, -0.05) is 50.2 Å². The van der Waals surface area contributed by atoms with Crippen LogP contribution in [0, 0.1) is 0 Å². The number of esters is 1. The molecule has 0 atom stereocenters. The highest BCUT2D eigenvalue weighted by Crippen LogP contribution is 2.39. The van der Waals surface area contributed by atoms with Gasteiger partial charge in [-0.05, 0) is 36.6 Å². The summed E-state index contributed by atoms with van der Waals surface area (Å²) in [5.74, 6) is 0.325. The fourth-order valence-corrected chi connectivity index (χ4v) is 2.93. The van der Waals surface area contributed by atoms with Crippen LogP contribution in [0.25, 0.3) is 10.8 Å². The smallest absolute Gasteiger partial charge is 0.347 e. The molecule has 0 saturated heterocycles. The number of phenols is 1. The summed E-state index contributed by atoms with van der Waals surface area (Å²) in [6.45, 7) is 4.60. The lowest BCUT2D eigenvalue weighted by molar-refractivity contribution is 0.0731. The summed E-state index contributed by atoms with van der Waals surface area (Å²) in [7, 11) is 0. The maximum absolute atomic E-state index is 12.6. The van der Waals surface area contributed by atoms with Crippen LogP contribution in [-0.4, -0.2) is 17.7 Å². The number of hydrogen-bond donors (Lipinski definition) is 1. The fraction of sp³-hybridized carbons (Fsp3) is 0.227. The highest BCUT2D eigenvalue weighted by Gasteiger charge is 2.21. The maximum atomic E-state index is 12.6. The Bertz CT molecular complexity index is 916. The van der Waals surface area contributed by atoms with Gasteiger partial charge in [0.25, 0.3) is 0 Å². The van der Waals surface area contributed by atoms with Crippen molar-refractivity contribution in [1.82, 2.24) is 0 Å². The standard InChI is InChI=1S/C22H22O4/c1-3-13-25-19-14-18(22(24)26-16-10-6-5-7-11-16)21(23)17-12-8-9-15(4-2)20(17)19/h5-12,14,23H,3-4,13H2,1-2H3. The summed E-state index contributed by atoms with van der Waals surface area (Å²) in [5, 5.41) is 12.2. The van der Waals surface area contributed by atoms with Crippen LogP contribution in [-0.2, 0) is 6.42 Å². The largest absolute Gasteiger partial charge is 0.506 e. The number of para-hydroxylation sites is 1. The summed E-state index contributed by atoms with van der Waals surface area (Å²) in [6.07, 6.45) is 1.65. The molecule has 0 unspecified atom stereocenters. The minimum atomic E-state index is -0.612. The monoisotopic (exact) mass is 350 g/mol. The van der Waals surface area contributed by atoms with E-state index in [-0.39, 0.29) is 11.3 Å². The van der Waals surface area contributed by atoms with E-state index in [1.165, 1.54) is 0 Å². The zero-order valence-electron chi connectivity index (χ0n) is 15.0. The highest BCUT2D eigenvalue weighted by molar-refractivity contribution is 6.05. The predicted molar refractivity (Wildman–Crippen MR) is 102 cm³/mol. The van der Waals surface area contributed by atoms with Gasteiger partial charge in [0.05, 0.1) is 6.61 Å². The van der Waals surface area contributed by atoms with Crippen LogP contribution < -0.4 is 9.47 Å². The molecule has 26 heavy (non-hydrogen) atoms. The third-order valence-corrected chi connectivity index (χ3v) is 4.20. The van der Waals surface area contributed by atoms with Crippen LogP contribution >= 0.6 is 0 Å². The van der Waals surface area contributed by atoms with E-state index in [0.29, 0.717) is 23.5 Å². The minimum Gasteiger partial charge on any atom is -0.506 e. The number of hydrogen-bond acceptors (Lipinski definition) is 4. The predicted octanol–water partition coefficient (Wildman–Crippen LogP) is 5.12. The first-order valence-corrected chi connectivity index (χ1v) is 8.83. The molecule has 3 rings (SSSR count). The van der Waals surface area contributed by atoms with Crippen molar-refractivity contribution < 1.29 is 19.4 Å². The Balaban J connectivity index is 2.10. The normalized spacial score (nSPS) is 10.7. The summed E-state index contributed by atoms with van der Waals surface area (Å²) in [4.78, 5) is 12.6. The van der Waals surface area contributed by atoms with E-state index in [2.05, 4.69) is 0 Å². The van der Waals surface area contributed by atoms with Crippen LogP contribution in [0.2, 0.25) is 0 Å². The number of benzene rings is 3. The van der Waals surface area contributed by atoms with E-state index in [1.807, 2.05) is 32.0 Å². The molecular weight excluding hydrogens is 328 g/mol. The van der Waals surface area contributed by atoms with Gasteiger partial charge in [-0.2, -0.15) is 0 Å². The number of ether oxygens (including phenoxy) is 2. The SMILES string of the molecule is CCCOc1cc(C(=O)Oc2ccccc2)c(O)c2cccc(CC)c12. The molecule has 0 aliphatic rings. The Morgan fingerprint density at radius 2 is 1.81 bits per heavy atom. The van der Waals surface area contributed by atoms with Crippen molar-refractivity contribution in [3.63, 3.8) is 0 Å². The molecule has 134 valence electrons. The topological polar surface area (TPSA) is 55.8 Å². The number of aryl methyl sites for hydroxylation is 1. The fourth-order valence-electron chi connectivity index (χ4n) is 2.93. The summed E-state index contributed by atoms with van der Waals surface area (Å²) < 4.78 is 11.3. The molecule has 4 nitrogen and oxygen atoms in total. The third-order valence-electron chi connectivity index (χ3n) is 4.20. The van der Waals surface area contributed by atoms with Crippen molar-refractivity contribution in [1.29, 1.82) is 0 Å². The zero-order valence-corrected chi connectivity index (χ0v) is 15.0. The van der Waals surface area contributed by atoms with Crippen molar-refractivity contribution in [2.24, 2.45) is 0 Å². The number of carbonyl (C=O) groups excluding carboxylic acids is 1. The van der Waals surface area contributed by atoms with E-state index in [4.69, 9.17) is 9.47 Å². The van der Waals surface area contributed by atoms with Gasteiger partial charge < -0.3 is 14.6 Å². The van der Waals surface area contributed by atoms with Gasteiger partial charge in [0, 0.05) is 10.8 Å². The Hall–Kier alpha value is -3.01. The summed E-state index contributed by atoms with van der Waals surface area (Å²) in [6, 6.07) is 16.0. The van der Waals surface area contributed by atoms with Crippen molar-refractivity contribution in [2.45, 2.75) is 26.7 Å². The molecule has 0 bridgehead atoms. The van der Waals surface area contributed by atoms with Crippen LogP contribution in [0.15, 0.2) is 54.6 Å². The minimum absolute atomic E-state index is 0.0833. The molecule has 1 N–H and O–H groups in total. The average Bonchev–Trinajstić information content (AvgIpc) is 2.67. The molecule has 0 saturated carbocycles. The molecule has 0 aliphatic heterocycles. The van der Waals surface area contributed by atoms with Crippen LogP contribution in [0.3, 0.4) is 0 Å². The maximum Gasteiger partial charge on any atom is 0.347 e. The molecule has 4 heteroatoms. The van der Waals surface area contributed by atoms with Crippen molar-refractivity contribution in [2.75, 3.05) is 6.61 Å². The van der Waals surface area contributed by atoms with Crippen molar-refractivity contribution >= 4 is 16.7 Å². The van der Waals surface area contributed by atoms with Gasteiger partial charge in [-0.3, -0.25) is 0 Å². The Labute approximate surface area is 153 Å². The van der Waals surface area contributed by atoms with E-state index in [9.17, 15) is 9.90 Å². The van der Waals surface area contributed by atoms with Crippen molar-refractivity contribution in [3.05, 3.63) is 65.7 Å². The van der Waals surface area contributed by atoms with Crippen LogP contribution in [0.4, 0.5) is 0 Å². The highest BCUT2D eigenvalue weighted by atomic mass is 16.5. The molecule has 0 spiro atoms. The van der Waals surface area contributed by atoms with Gasteiger partial charge in [-0.25, -0.2) is 4.79 Å². The van der Waals surface area contributed by atoms with Gasteiger partial charge >= 0.3 is 5.97 Å². The van der Waals surface area contributed by atoms with Crippen molar-refractivity contribution in [3.8, 4) is 17.2 Å². The molecule has 0 aromatic heterocycles. The summed E-state index contributed by atoms with van der Waals surface area (Å²) in [5.41, 5.74) is 1.16. The average molecular weight is 350 g/mol. The molecule has 0 aliphatic carbocycles. The zero-order chi connectivity index (χ0) is 18.5. The lowest BCUT2D eigenvalue weighted by Gasteiger charge is -2.16. The van der Waals surface area contributed by atoms with Gasteiger partial charge in [0.2, 0.25) is 0 Å². The second-order valence-electron chi connectivity index (χ2n) is 6.02. The second kappa shape index (κ2) is 7.91. The van der Waals surface area contributed by atoms with Gasteiger partial charge in [-0.15, -0.1) is 0 Å². The first kappa shape index (κ1) is 17.8. The summed E-state index contributed by atoms with van der Waals surface area (Å²) >= 11 is 0. The number of rotatable bonds is 6. The molecule has 0 radical (unpaired) electrons. The number of carbonyl (C=O) groups is 1. The lowest BCUT2D eigenvalue weighted by atomic mass is 9.98. The molecule has 0 amide bonds. The van der Waals surface area contributed by atoms with Gasteiger partial charge in [0.15, 0.2) is 0 Å². The first-order valence-electron chi connectivity index (χ1n) is 8.83. The lowest BCUT2D eigenvalue weighted by Crippen LogP contribution is -2.10.